The lowest BCUT2D eigenvalue weighted by Crippen LogP contribution is -2.38. The first-order chi connectivity index (χ1) is 11.4. The van der Waals surface area contributed by atoms with E-state index >= 15 is 0 Å². The molecule has 0 spiro atoms. The van der Waals surface area contributed by atoms with E-state index in [1.54, 1.807) is 48.8 Å². The highest BCUT2D eigenvalue weighted by Crippen LogP contribution is 2.20. The van der Waals surface area contributed by atoms with Crippen molar-refractivity contribution in [2.24, 2.45) is 5.10 Å². The Hall–Kier alpha value is -2.26. The van der Waals surface area contributed by atoms with Crippen molar-refractivity contribution in [2.75, 3.05) is 17.1 Å². The van der Waals surface area contributed by atoms with Crippen LogP contribution in [0.15, 0.2) is 58.4 Å². The Morgan fingerprint density at radius 1 is 1.25 bits per heavy atom. The third kappa shape index (κ3) is 5.43. The molecule has 1 amide bonds. The molecule has 7 nitrogen and oxygen atoms in total. The molecule has 0 saturated heterocycles. The number of carbonyl (C=O) groups excluding carboxylic acids is 1. The monoisotopic (exact) mass is 410 g/mol. The molecule has 126 valence electrons. The van der Waals surface area contributed by atoms with Crippen LogP contribution < -0.4 is 9.73 Å². The highest BCUT2D eigenvalue weighted by molar-refractivity contribution is 9.10. The number of rotatable bonds is 6. The maximum absolute atomic E-state index is 12.0. The Labute approximate surface area is 148 Å². The number of nitrogens with one attached hydrogen (secondary N) is 1. The third-order valence-corrected chi connectivity index (χ3v) is 4.58. The normalized spacial score (nSPS) is 11.4. The van der Waals surface area contributed by atoms with Crippen LogP contribution >= 0.6 is 15.9 Å². The minimum absolute atomic E-state index is 0.367. The molecule has 0 radical (unpaired) electrons. The van der Waals surface area contributed by atoms with Gasteiger partial charge in [0.15, 0.2) is 0 Å². The topological polar surface area (TPSA) is 91.7 Å². The van der Waals surface area contributed by atoms with Crippen LogP contribution in [0.3, 0.4) is 0 Å². The largest absolute Gasteiger partial charge is 0.271 e. The lowest BCUT2D eigenvalue weighted by molar-refractivity contribution is -0.119. The van der Waals surface area contributed by atoms with E-state index in [1.165, 1.54) is 6.21 Å². The van der Waals surface area contributed by atoms with Crippen molar-refractivity contribution < 1.29 is 13.2 Å². The Kier molecular flexibility index (Phi) is 6.04. The van der Waals surface area contributed by atoms with Crippen LogP contribution in [-0.4, -0.2) is 38.3 Å². The van der Waals surface area contributed by atoms with Gasteiger partial charge in [0.25, 0.3) is 5.91 Å². The number of aromatic nitrogens is 1. The van der Waals surface area contributed by atoms with Crippen LogP contribution in [0.1, 0.15) is 5.56 Å². The average Bonchev–Trinajstić information content (AvgIpc) is 2.54. The van der Waals surface area contributed by atoms with Gasteiger partial charge < -0.3 is 0 Å². The van der Waals surface area contributed by atoms with E-state index in [0.29, 0.717) is 5.69 Å². The lowest BCUT2D eigenvalue weighted by Gasteiger charge is -2.21. The average molecular weight is 411 g/mol. The SMILES string of the molecule is CS(=O)(=O)N(CC(=O)N/N=C\c1ccncc1)c1ccc(Br)cc1. The number of anilines is 1. The summed E-state index contributed by atoms with van der Waals surface area (Å²) < 4.78 is 25.7. The summed E-state index contributed by atoms with van der Waals surface area (Å²) in [5.41, 5.74) is 3.47. The third-order valence-electron chi connectivity index (χ3n) is 2.91. The molecule has 0 aliphatic carbocycles. The number of nitrogens with zero attached hydrogens (tertiary/aromatic N) is 3. The molecule has 0 aliphatic heterocycles. The second-order valence-corrected chi connectivity index (χ2v) is 7.64. The van der Waals surface area contributed by atoms with Gasteiger partial charge in [-0.1, -0.05) is 15.9 Å². The van der Waals surface area contributed by atoms with Gasteiger partial charge in [0.1, 0.15) is 6.54 Å². The second-order valence-electron chi connectivity index (χ2n) is 4.82. The Morgan fingerprint density at radius 3 is 2.46 bits per heavy atom. The molecule has 2 rings (SSSR count). The zero-order valence-electron chi connectivity index (χ0n) is 12.8. The van der Waals surface area contributed by atoms with Gasteiger partial charge in [-0.2, -0.15) is 5.10 Å². The minimum atomic E-state index is -3.61. The Balaban J connectivity index is 2.05. The smallest absolute Gasteiger partial charge is 0.260 e. The minimum Gasteiger partial charge on any atom is -0.271 e. The molecule has 1 N–H and O–H groups in total. The molecular formula is C15H15BrN4O3S. The summed E-state index contributed by atoms with van der Waals surface area (Å²) in [6.45, 7) is -0.367. The van der Waals surface area contributed by atoms with E-state index in [4.69, 9.17) is 0 Å². The number of pyridine rings is 1. The summed E-state index contributed by atoms with van der Waals surface area (Å²) in [6, 6.07) is 10.1. The molecule has 0 unspecified atom stereocenters. The van der Waals surface area contributed by atoms with E-state index in [2.05, 4.69) is 31.4 Å². The number of hydrogen-bond acceptors (Lipinski definition) is 5. The van der Waals surface area contributed by atoms with Gasteiger partial charge >= 0.3 is 0 Å². The summed E-state index contributed by atoms with van der Waals surface area (Å²) in [5.74, 6) is -0.548. The maximum Gasteiger partial charge on any atom is 0.260 e. The van der Waals surface area contributed by atoms with Crippen LogP contribution in [0.2, 0.25) is 0 Å². The molecule has 24 heavy (non-hydrogen) atoms. The molecule has 9 heteroatoms. The Bertz CT molecular complexity index is 824. The van der Waals surface area contributed by atoms with Gasteiger partial charge in [0, 0.05) is 16.9 Å². The molecular weight excluding hydrogens is 396 g/mol. The van der Waals surface area contributed by atoms with Gasteiger partial charge in [0.05, 0.1) is 18.2 Å². The van der Waals surface area contributed by atoms with Crippen LogP contribution in [0.4, 0.5) is 5.69 Å². The number of hydrazone groups is 1. The van der Waals surface area contributed by atoms with Crippen LogP contribution in [0, 0.1) is 0 Å². The second kappa shape index (κ2) is 8.02. The molecule has 0 aliphatic rings. The zero-order chi connectivity index (χ0) is 17.6. The summed E-state index contributed by atoms with van der Waals surface area (Å²) in [6.07, 6.45) is 5.69. The van der Waals surface area contributed by atoms with Crippen molar-refractivity contribution in [1.29, 1.82) is 0 Å². The highest BCUT2D eigenvalue weighted by atomic mass is 79.9. The molecule has 0 atom stereocenters. The summed E-state index contributed by atoms with van der Waals surface area (Å²) in [7, 11) is -3.61. The van der Waals surface area contributed by atoms with E-state index in [-0.39, 0.29) is 6.54 Å². The highest BCUT2D eigenvalue weighted by Gasteiger charge is 2.20. The zero-order valence-corrected chi connectivity index (χ0v) is 15.2. The van der Waals surface area contributed by atoms with E-state index in [9.17, 15) is 13.2 Å². The van der Waals surface area contributed by atoms with Crippen molar-refractivity contribution >= 4 is 43.8 Å². The van der Waals surface area contributed by atoms with Crippen LogP contribution in [0.5, 0.6) is 0 Å². The predicted octanol–water partition coefficient (Wildman–Crippen LogP) is 1.76. The molecule has 0 fully saturated rings. The van der Waals surface area contributed by atoms with Gasteiger partial charge in [-0.3, -0.25) is 14.1 Å². The molecule has 1 aromatic heterocycles. The van der Waals surface area contributed by atoms with E-state index in [0.717, 1.165) is 20.6 Å². The quantitative estimate of drug-likeness (QED) is 0.579. The van der Waals surface area contributed by atoms with Crippen molar-refractivity contribution in [2.45, 2.75) is 0 Å². The van der Waals surface area contributed by atoms with Gasteiger partial charge in [0.2, 0.25) is 10.0 Å². The summed E-state index contributed by atoms with van der Waals surface area (Å²) in [5, 5.41) is 3.80. The first-order valence-corrected chi connectivity index (χ1v) is 9.45. The van der Waals surface area contributed by atoms with Crippen LogP contribution in [-0.2, 0) is 14.8 Å². The molecule has 2 aromatic rings. The number of benzene rings is 1. The fourth-order valence-electron chi connectivity index (χ4n) is 1.80. The first-order valence-electron chi connectivity index (χ1n) is 6.81. The lowest BCUT2D eigenvalue weighted by atomic mass is 10.3. The molecule has 1 heterocycles. The fourth-order valence-corrected chi connectivity index (χ4v) is 2.92. The summed E-state index contributed by atoms with van der Waals surface area (Å²) >= 11 is 3.28. The molecule has 0 bridgehead atoms. The van der Waals surface area contributed by atoms with Gasteiger partial charge in [-0.15, -0.1) is 0 Å². The van der Waals surface area contributed by atoms with Gasteiger partial charge in [-0.25, -0.2) is 13.8 Å². The number of halogens is 1. The van der Waals surface area contributed by atoms with Gasteiger partial charge in [-0.05, 0) is 42.0 Å². The summed E-state index contributed by atoms with van der Waals surface area (Å²) in [4.78, 5) is 15.8. The fraction of sp³-hybridized carbons (Fsp3) is 0.133. The first kappa shape index (κ1) is 18.1. The van der Waals surface area contributed by atoms with Crippen molar-refractivity contribution in [3.63, 3.8) is 0 Å². The number of carbonyl (C=O) groups is 1. The predicted molar refractivity (Wildman–Crippen MR) is 96.3 cm³/mol. The number of sulfonamides is 1. The standard InChI is InChI=1S/C15H15BrN4O3S/c1-24(22,23)20(14-4-2-13(16)3-5-14)11-15(21)19-18-10-12-6-8-17-9-7-12/h2-10H,11H2,1H3,(H,19,21)/b18-10-. The van der Waals surface area contributed by atoms with Crippen molar-refractivity contribution in [3.05, 3.63) is 58.8 Å². The molecule has 1 aromatic carbocycles. The maximum atomic E-state index is 12.0. The number of amides is 1. The van der Waals surface area contributed by atoms with E-state index < -0.39 is 15.9 Å². The van der Waals surface area contributed by atoms with Crippen molar-refractivity contribution in [1.82, 2.24) is 10.4 Å². The Morgan fingerprint density at radius 2 is 1.88 bits per heavy atom. The number of hydrogen-bond donors (Lipinski definition) is 1. The van der Waals surface area contributed by atoms with E-state index in [1.807, 2.05) is 0 Å². The van der Waals surface area contributed by atoms with Crippen LogP contribution in [0.25, 0.3) is 0 Å². The molecule has 0 saturated carbocycles. The van der Waals surface area contributed by atoms with Crippen molar-refractivity contribution in [3.8, 4) is 0 Å².